The molecular formula is C14H16O4. The van der Waals surface area contributed by atoms with Crippen molar-refractivity contribution in [2.24, 2.45) is 0 Å². The van der Waals surface area contributed by atoms with Crippen LogP contribution in [0.3, 0.4) is 0 Å². The molecule has 0 unspecified atom stereocenters. The van der Waals surface area contributed by atoms with Crippen molar-refractivity contribution in [2.45, 2.75) is 26.2 Å². The molecule has 1 aromatic heterocycles. The van der Waals surface area contributed by atoms with E-state index in [9.17, 15) is 9.90 Å². The monoisotopic (exact) mass is 248 g/mol. The van der Waals surface area contributed by atoms with Gasteiger partial charge in [-0.05, 0) is 18.6 Å². The summed E-state index contributed by atoms with van der Waals surface area (Å²) in [5, 5.41) is 10.7. The van der Waals surface area contributed by atoms with Crippen molar-refractivity contribution >= 4 is 16.9 Å². The number of aromatic hydroxyl groups is 1. The minimum atomic E-state index is -0.303. The Morgan fingerprint density at radius 1 is 1.44 bits per heavy atom. The van der Waals surface area contributed by atoms with Gasteiger partial charge in [0.1, 0.15) is 11.3 Å². The summed E-state index contributed by atoms with van der Waals surface area (Å²) in [6, 6.07) is 3.41. The number of methoxy groups -OCH3 is 1. The molecule has 1 aromatic carbocycles. The normalized spacial score (nSPS) is 10.8. The summed E-state index contributed by atoms with van der Waals surface area (Å²) >= 11 is 0. The van der Waals surface area contributed by atoms with Crippen LogP contribution in [-0.4, -0.2) is 18.2 Å². The highest BCUT2D eigenvalue weighted by Gasteiger charge is 2.15. The third kappa shape index (κ3) is 2.18. The number of furan rings is 1. The van der Waals surface area contributed by atoms with E-state index in [1.54, 1.807) is 18.4 Å². The van der Waals surface area contributed by atoms with Gasteiger partial charge in [-0.15, -0.1) is 0 Å². The van der Waals surface area contributed by atoms with Gasteiger partial charge in [0, 0.05) is 16.5 Å². The Bertz CT molecular complexity index is 568. The van der Waals surface area contributed by atoms with Crippen LogP contribution in [0.5, 0.6) is 5.75 Å². The molecule has 1 N–H and O–H groups in total. The Morgan fingerprint density at radius 2 is 2.22 bits per heavy atom. The number of carbonyl (C=O) groups is 1. The van der Waals surface area contributed by atoms with Crippen LogP contribution in [0.25, 0.3) is 11.0 Å². The molecule has 0 fully saturated rings. The molecule has 0 bridgehead atoms. The third-order valence-corrected chi connectivity index (χ3v) is 2.96. The maximum absolute atomic E-state index is 11.3. The highest BCUT2D eigenvalue weighted by atomic mass is 16.5. The number of ether oxygens (including phenoxy) is 1. The number of aryl methyl sites for hydroxylation is 1. The first-order chi connectivity index (χ1) is 8.67. The number of hydrogen-bond acceptors (Lipinski definition) is 4. The lowest BCUT2D eigenvalue weighted by molar-refractivity contribution is -0.139. The fourth-order valence-corrected chi connectivity index (χ4v) is 2.05. The van der Waals surface area contributed by atoms with E-state index >= 15 is 0 Å². The summed E-state index contributed by atoms with van der Waals surface area (Å²) in [7, 11) is 1.36. The van der Waals surface area contributed by atoms with Crippen LogP contribution in [0.1, 0.15) is 24.5 Å². The average molecular weight is 248 g/mol. The van der Waals surface area contributed by atoms with Crippen molar-refractivity contribution in [3.8, 4) is 5.75 Å². The quantitative estimate of drug-likeness (QED) is 0.845. The van der Waals surface area contributed by atoms with Crippen LogP contribution < -0.4 is 0 Å². The number of hydrogen-bond donors (Lipinski definition) is 1. The van der Waals surface area contributed by atoms with E-state index in [1.165, 1.54) is 7.11 Å². The molecule has 4 heteroatoms. The molecule has 4 nitrogen and oxygen atoms in total. The zero-order valence-corrected chi connectivity index (χ0v) is 10.5. The summed E-state index contributed by atoms with van der Waals surface area (Å²) < 4.78 is 10.1. The molecule has 96 valence electrons. The number of esters is 1. The van der Waals surface area contributed by atoms with E-state index in [2.05, 4.69) is 4.74 Å². The molecule has 0 aliphatic rings. The van der Waals surface area contributed by atoms with Crippen molar-refractivity contribution in [3.05, 3.63) is 29.5 Å². The lowest BCUT2D eigenvalue weighted by atomic mass is 10.0. The highest BCUT2D eigenvalue weighted by Crippen LogP contribution is 2.31. The third-order valence-electron chi connectivity index (χ3n) is 2.96. The molecule has 0 atom stereocenters. The summed E-state index contributed by atoms with van der Waals surface area (Å²) in [4.78, 5) is 11.3. The second kappa shape index (κ2) is 5.12. The van der Waals surface area contributed by atoms with E-state index in [4.69, 9.17) is 4.42 Å². The molecule has 0 aliphatic heterocycles. The fourth-order valence-electron chi connectivity index (χ4n) is 2.05. The van der Waals surface area contributed by atoms with Crippen LogP contribution in [0.2, 0.25) is 0 Å². The van der Waals surface area contributed by atoms with Crippen molar-refractivity contribution in [1.82, 2.24) is 0 Å². The minimum Gasteiger partial charge on any atom is -0.508 e. The van der Waals surface area contributed by atoms with Crippen molar-refractivity contribution in [3.63, 3.8) is 0 Å². The second-order valence-corrected chi connectivity index (χ2v) is 4.20. The standard InChI is InChI=1S/C14H16O4/c1-3-4-11-12(15)6-5-10-9(7-13(16)17-2)8-18-14(10)11/h5-6,8,15H,3-4,7H2,1-2H3. The minimum absolute atomic E-state index is 0.180. The van der Waals surface area contributed by atoms with E-state index in [-0.39, 0.29) is 18.1 Å². The van der Waals surface area contributed by atoms with Gasteiger partial charge in [-0.1, -0.05) is 13.3 Å². The van der Waals surface area contributed by atoms with Gasteiger partial charge in [-0.2, -0.15) is 0 Å². The number of carbonyl (C=O) groups excluding carboxylic acids is 1. The summed E-state index contributed by atoms with van der Waals surface area (Å²) in [6.45, 7) is 2.04. The van der Waals surface area contributed by atoms with Crippen LogP contribution in [0.15, 0.2) is 22.8 Å². The van der Waals surface area contributed by atoms with Crippen molar-refractivity contribution in [1.29, 1.82) is 0 Å². The van der Waals surface area contributed by atoms with Gasteiger partial charge in [0.2, 0.25) is 0 Å². The zero-order valence-electron chi connectivity index (χ0n) is 10.5. The lowest BCUT2D eigenvalue weighted by Gasteiger charge is -2.04. The second-order valence-electron chi connectivity index (χ2n) is 4.20. The Labute approximate surface area is 105 Å². The lowest BCUT2D eigenvalue weighted by Crippen LogP contribution is -2.03. The Kier molecular flexibility index (Phi) is 3.55. The number of benzene rings is 1. The SMILES string of the molecule is CCCc1c(O)ccc2c(CC(=O)OC)coc12. The predicted octanol–water partition coefficient (Wildman–Crippen LogP) is 2.81. The molecule has 1 heterocycles. The average Bonchev–Trinajstić information content (AvgIpc) is 2.76. The van der Waals surface area contributed by atoms with Gasteiger partial charge in [-0.25, -0.2) is 0 Å². The first-order valence-electron chi connectivity index (χ1n) is 5.95. The predicted molar refractivity (Wildman–Crippen MR) is 67.6 cm³/mol. The van der Waals surface area contributed by atoms with Crippen molar-refractivity contribution < 1.29 is 19.1 Å². The number of phenolic OH excluding ortho intramolecular Hbond substituents is 1. The Morgan fingerprint density at radius 3 is 2.89 bits per heavy atom. The topological polar surface area (TPSA) is 59.7 Å². The molecule has 0 amide bonds. The van der Waals surface area contributed by atoms with Crippen molar-refractivity contribution in [2.75, 3.05) is 7.11 Å². The molecular weight excluding hydrogens is 232 g/mol. The van der Waals surface area contributed by atoms with Gasteiger partial charge < -0.3 is 14.3 Å². The van der Waals surface area contributed by atoms with Gasteiger partial charge in [0.25, 0.3) is 0 Å². The van der Waals surface area contributed by atoms with E-state index in [0.29, 0.717) is 5.58 Å². The van der Waals surface area contributed by atoms with Gasteiger partial charge >= 0.3 is 5.97 Å². The highest BCUT2D eigenvalue weighted by molar-refractivity contribution is 5.89. The smallest absolute Gasteiger partial charge is 0.310 e. The molecule has 0 saturated heterocycles. The molecule has 2 rings (SSSR count). The van der Waals surface area contributed by atoms with Crippen LogP contribution in [0.4, 0.5) is 0 Å². The molecule has 0 saturated carbocycles. The van der Waals surface area contributed by atoms with E-state index in [0.717, 1.165) is 29.4 Å². The number of phenols is 1. The molecule has 0 spiro atoms. The Balaban J connectivity index is 2.47. The zero-order chi connectivity index (χ0) is 13.1. The maximum Gasteiger partial charge on any atom is 0.310 e. The van der Waals surface area contributed by atoms with Crippen LogP contribution >= 0.6 is 0 Å². The molecule has 0 aliphatic carbocycles. The Hall–Kier alpha value is -1.97. The van der Waals surface area contributed by atoms with Gasteiger partial charge in [-0.3, -0.25) is 4.79 Å². The summed E-state index contributed by atoms with van der Waals surface area (Å²) in [6.07, 6.45) is 3.40. The molecule has 18 heavy (non-hydrogen) atoms. The first kappa shape index (κ1) is 12.5. The largest absolute Gasteiger partial charge is 0.508 e. The van der Waals surface area contributed by atoms with Crippen LogP contribution in [-0.2, 0) is 22.4 Å². The maximum atomic E-state index is 11.3. The van der Waals surface area contributed by atoms with E-state index in [1.807, 2.05) is 6.92 Å². The summed E-state index contributed by atoms with van der Waals surface area (Å²) in [5.74, 6) is -0.0638. The number of rotatable bonds is 4. The molecule has 0 radical (unpaired) electrons. The van der Waals surface area contributed by atoms with Crippen LogP contribution in [0, 0.1) is 0 Å². The molecule has 2 aromatic rings. The van der Waals surface area contributed by atoms with Gasteiger partial charge in [0.05, 0.1) is 19.8 Å². The van der Waals surface area contributed by atoms with E-state index < -0.39 is 0 Å². The fraction of sp³-hybridized carbons (Fsp3) is 0.357. The van der Waals surface area contributed by atoms with Gasteiger partial charge in [0.15, 0.2) is 0 Å². The number of fused-ring (bicyclic) bond motifs is 1. The summed E-state index contributed by atoms with van der Waals surface area (Å²) in [5.41, 5.74) is 2.25. The first-order valence-corrected chi connectivity index (χ1v) is 5.95.